The molecule has 0 aromatic rings. The second-order valence-corrected chi connectivity index (χ2v) is 6.33. The Labute approximate surface area is 108 Å². The molecule has 2 aliphatic rings. The fourth-order valence-electron chi connectivity index (χ4n) is 2.63. The molecule has 2 saturated heterocycles. The average molecular weight is 257 g/mol. The molecule has 0 aromatic heterocycles. The van der Waals surface area contributed by atoms with Crippen LogP contribution >= 0.6 is 11.8 Å². The van der Waals surface area contributed by atoms with Crippen molar-refractivity contribution >= 4 is 17.7 Å². The van der Waals surface area contributed by atoms with Gasteiger partial charge in [0.05, 0.1) is 6.04 Å². The molecular weight excluding hydrogens is 234 g/mol. The first-order valence-corrected chi connectivity index (χ1v) is 7.57. The van der Waals surface area contributed by atoms with E-state index in [9.17, 15) is 4.79 Å². The van der Waals surface area contributed by atoms with Gasteiger partial charge in [0.2, 0.25) is 5.91 Å². The maximum absolute atomic E-state index is 12.2. The summed E-state index contributed by atoms with van der Waals surface area (Å²) in [5.41, 5.74) is 0. The molecule has 2 fully saturated rings. The van der Waals surface area contributed by atoms with Crippen molar-refractivity contribution < 1.29 is 4.79 Å². The summed E-state index contributed by atoms with van der Waals surface area (Å²) in [6.07, 6.45) is 2.31. The van der Waals surface area contributed by atoms with Gasteiger partial charge in [-0.3, -0.25) is 10.1 Å². The number of amides is 1. The minimum atomic E-state index is 0.0744. The van der Waals surface area contributed by atoms with Crippen molar-refractivity contribution in [2.75, 3.05) is 45.4 Å². The molecule has 0 unspecified atom stereocenters. The number of rotatable bonds is 3. The van der Waals surface area contributed by atoms with Crippen LogP contribution in [0.25, 0.3) is 0 Å². The minimum Gasteiger partial charge on any atom is -0.341 e. The second-order valence-electron chi connectivity index (χ2n) is 5.30. The fourth-order valence-corrected chi connectivity index (χ4v) is 3.56. The van der Waals surface area contributed by atoms with E-state index in [1.807, 2.05) is 11.8 Å². The van der Waals surface area contributed by atoms with Crippen molar-refractivity contribution in [3.63, 3.8) is 0 Å². The summed E-state index contributed by atoms with van der Waals surface area (Å²) in [6.45, 7) is 3.04. The minimum absolute atomic E-state index is 0.0744. The molecule has 0 aromatic carbocycles. The van der Waals surface area contributed by atoms with Gasteiger partial charge in [0.25, 0.3) is 0 Å². The van der Waals surface area contributed by atoms with Crippen molar-refractivity contribution in [1.29, 1.82) is 0 Å². The lowest BCUT2D eigenvalue weighted by Crippen LogP contribution is -2.48. The third-order valence-corrected chi connectivity index (χ3v) is 4.50. The highest BCUT2D eigenvalue weighted by Crippen LogP contribution is 2.20. The molecule has 1 atom stereocenters. The van der Waals surface area contributed by atoms with Gasteiger partial charge in [-0.25, -0.2) is 0 Å². The molecule has 5 heteroatoms. The SMILES string of the molecule is CN(C)CC1CCN(C(=O)[C@@H]2CSCN2)CC1. The average Bonchev–Trinajstić information content (AvgIpc) is 2.82. The van der Waals surface area contributed by atoms with E-state index in [0.29, 0.717) is 5.91 Å². The van der Waals surface area contributed by atoms with Crippen LogP contribution in [-0.4, -0.2) is 67.1 Å². The highest BCUT2D eigenvalue weighted by molar-refractivity contribution is 7.99. The van der Waals surface area contributed by atoms with E-state index < -0.39 is 0 Å². The normalized spacial score (nSPS) is 26.8. The van der Waals surface area contributed by atoms with E-state index in [1.165, 1.54) is 0 Å². The zero-order valence-electron chi connectivity index (χ0n) is 10.8. The third kappa shape index (κ3) is 3.60. The standard InChI is InChI=1S/C12H23N3OS/c1-14(2)7-10-3-5-15(6-4-10)12(16)11-8-17-9-13-11/h10-11,13H,3-9H2,1-2H3/t11-/m0/s1. The molecule has 2 heterocycles. The summed E-state index contributed by atoms with van der Waals surface area (Å²) in [5, 5.41) is 3.26. The smallest absolute Gasteiger partial charge is 0.240 e. The zero-order valence-corrected chi connectivity index (χ0v) is 11.6. The Bertz CT molecular complexity index is 258. The number of carbonyl (C=O) groups excluding carboxylic acids is 1. The number of hydrogen-bond acceptors (Lipinski definition) is 4. The van der Waals surface area contributed by atoms with Gasteiger partial charge in [-0.1, -0.05) is 0 Å². The molecule has 1 amide bonds. The summed E-state index contributed by atoms with van der Waals surface area (Å²) >= 11 is 1.82. The van der Waals surface area contributed by atoms with Crippen LogP contribution in [0.15, 0.2) is 0 Å². The number of likely N-dealkylation sites (tertiary alicyclic amines) is 1. The number of nitrogens with zero attached hydrogens (tertiary/aromatic N) is 2. The lowest BCUT2D eigenvalue weighted by atomic mass is 9.96. The van der Waals surface area contributed by atoms with E-state index >= 15 is 0 Å². The lowest BCUT2D eigenvalue weighted by molar-refractivity contribution is -0.134. The number of thioether (sulfide) groups is 1. The van der Waals surface area contributed by atoms with Gasteiger partial charge in [0.1, 0.15) is 0 Å². The largest absolute Gasteiger partial charge is 0.341 e. The van der Waals surface area contributed by atoms with E-state index in [-0.39, 0.29) is 6.04 Å². The second kappa shape index (κ2) is 6.07. The zero-order chi connectivity index (χ0) is 12.3. The Hall–Kier alpha value is -0.260. The highest BCUT2D eigenvalue weighted by atomic mass is 32.2. The maximum Gasteiger partial charge on any atom is 0.240 e. The number of hydrogen-bond donors (Lipinski definition) is 1. The van der Waals surface area contributed by atoms with Crippen LogP contribution in [0.3, 0.4) is 0 Å². The Balaban J connectivity index is 1.76. The molecule has 0 saturated carbocycles. The fraction of sp³-hybridized carbons (Fsp3) is 0.917. The summed E-state index contributed by atoms with van der Waals surface area (Å²) < 4.78 is 0. The highest BCUT2D eigenvalue weighted by Gasteiger charge is 2.30. The first kappa shape index (κ1) is 13.2. The molecule has 2 aliphatic heterocycles. The quantitative estimate of drug-likeness (QED) is 0.796. The summed E-state index contributed by atoms with van der Waals surface area (Å²) in [7, 11) is 4.24. The van der Waals surface area contributed by atoms with Gasteiger partial charge < -0.3 is 9.80 Å². The van der Waals surface area contributed by atoms with Gasteiger partial charge in [0.15, 0.2) is 0 Å². The molecule has 0 spiro atoms. The third-order valence-electron chi connectivity index (χ3n) is 3.56. The Morgan fingerprint density at radius 3 is 2.65 bits per heavy atom. The van der Waals surface area contributed by atoms with Crippen molar-refractivity contribution in [2.24, 2.45) is 5.92 Å². The number of nitrogens with one attached hydrogen (secondary N) is 1. The van der Waals surface area contributed by atoms with Crippen LogP contribution in [0, 0.1) is 5.92 Å². The van der Waals surface area contributed by atoms with Crippen molar-refractivity contribution in [1.82, 2.24) is 15.1 Å². The van der Waals surface area contributed by atoms with E-state index in [2.05, 4.69) is 29.2 Å². The molecule has 2 rings (SSSR count). The van der Waals surface area contributed by atoms with E-state index in [4.69, 9.17) is 0 Å². The molecule has 1 N–H and O–H groups in total. The summed E-state index contributed by atoms with van der Waals surface area (Å²) in [4.78, 5) is 16.5. The molecule has 0 bridgehead atoms. The van der Waals surface area contributed by atoms with Crippen molar-refractivity contribution in [3.05, 3.63) is 0 Å². The topological polar surface area (TPSA) is 35.6 Å². The van der Waals surface area contributed by atoms with Crippen molar-refractivity contribution in [2.45, 2.75) is 18.9 Å². The summed E-state index contributed by atoms with van der Waals surface area (Å²) in [5.74, 6) is 2.95. The number of carbonyl (C=O) groups is 1. The van der Waals surface area contributed by atoms with Crippen LogP contribution in [0.4, 0.5) is 0 Å². The van der Waals surface area contributed by atoms with Gasteiger partial charge in [-0.05, 0) is 32.9 Å². The first-order valence-electron chi connectivity index (χ1n) is 6.41. The van der Waals surface area contributed by atoms with Gasteiger partial charge >= 0.3 is 0 Å². The summed E-state index contributed by atoms with van der Waals surface area (Å²) in [6, 6.07) is 0.0744. The van der Waals surface area contributed by atoms with Gasteiger partial charge in [0, 0.05) is 31.3 Å². The molecule has 4 nitrogen and oxygen atoms in total. The predicted molar refractivity (Wildman–Crippen MR) is 72.1 cm³/mol. The number of piperidine rings is 1. The van der Waals surface area contributed by atoms with Gasteiger partial charge in [-0.2, -0.15) is 0 Å². The lowest BCUT2D eigenvalue weighted by Gasteiger charge is -2.34. The molecular formula is C12H23N3OS. The monoisotopic (exact) mass is 257 g/mol. The van der Waals surface area contributed by atoms with Crippen molar-refractivity contribution in [3.8, 4) is 0 Å². The molecule has 0 aliphatic carbocycles. The Morgan fingerprint density at radius 1 is 1.41 bits per heavy atom. The predicted octanol–water partition coefficient (Wildman–Crippen LogP) is 0.449. The van der Waals surface area contributed by atoms with Crippen LogP contribution in [0.2, 0.25) is 0 Å². The molecule has 0 radical (unpaired) electrons. The Kier molecular flexibility index (Phi) is 4.70. The Morgan fingerprint density at radius 2 is 2.12 bits per heavy atom. The van der Waals surface area contributed by atoms with Crippen LogP contribution in [-0.2, 0) is 4.79 Å². The molecule has 17 heavy (non-hydrogen) atoms. The van der Waals surface area contributed by atoms with Crippen LogP contribution in [0.1, 0.15) is 12.8 Å². The molecule has 98 valence electrons. The van der Waals surface area contributed by atoms with Crippen LogP contribution < -0.4 is 5.32 Å². The van der Waals surface area contributed by atoms with E-state index in [1.54, 1.807) is 0 Å². The first-order chi connectivity index (χ1) is 8.16. The maximum atomic E-state index is 12.2. The van der Waals surface area contributed by atoms with E-state index in [0.717, 1.165) is 50.0 Å². The van der Waals surface area contributed by atoms with Gasteiger partial charge in [-0.15, -0.1) is 11.8 Å². The van der Waals surface area contributed by atoms with Crippen LogP contribution in [0.5, 0.6) is 0 Å².